The number of hydrogen-bond acceptors (Lipinski definition) is 2. The molecule has 98 valence electrons. The molecule has 1 atom stereocenters. The smallest absolute Gasteiger partial charge is 0.379 e. The molecule has 1 unspecified atom stereocenters. The first-order valence-corrected chi connectivity index (χ1v) is 5.47. The summed E-state index contributed by atoms with van der Waals surface area (Å²) in [5.41, 5.74) is 1.40. The molecule has 3 nitrogen and oxygen atoms in total. The van der Waals surface area contributed by atoms with E-state index in [4.69, 9.17) is 0 Å². The lowest BCUT2D eigenvalue weighted by molar-refractivity contribution is -0.206. The standard InChI is InChI=1S/C12H12F3NO2/c13-12(14,15)11(18)9-2-1-8-3-4-16(7-17)6-10(8)5-9/h1-2,5,7,11,18H,3-4,6H2. The lowest BCUT2D eigenvalue weighted by Crippen LogP contribution is -2.29. The molecule has 0 saturated carbocycles. The van der Waals surface area contributed by atoms with E-state index in [0.717, 1.165) is 5.56 Å². The van der Waals surface area contributed by atoms with Gasteiger partial charge in [-0.1, -0.05) is 18.2 Å². The fourth-order valence-electron chi connectivity index (χ4n) is 2.05. The van der Waals surface area contributed by atoms with E-state index in [9.17, 15) is 23.1 Å². The number of nitrogens with zero attached hydrogens (tertiary/aromatic N) is 1. The Balaban J connectivity index is 2.29. The van der Waals surface area contributed by atoms with Crippen LogP contribution in [0.3, 0.4) is 0 Å². The van der Waals surface area contributed by atoms with Crippen LogP contribution in [0.1, 0.15) is 22.8 Å². The van der Waals surface area contributed by atoms with E-state index in [0.29, 0.717) is 24.9 Å². The third kappa shape index (κ3) is 2.48. The van der Waals surface area contributed by atoms with Gasteiger partial charge < -0.3 is 10.0 Å². The molecule has 1 aromatic rings. The maximum absolute atomic E-state index is 12.4. The van der Waals surface area contributed by atoms with Crippen LogP contribution in [0.25, 0.3) is 0 Å². The number of carbonyl (C=O) groups excluding carboxylic acids is 1. The molecule has 1 heterocycles. The third-order valence-corrected chi connectivity index (χ3v) is 3.05. The van der Waals surface area contributed by atoms with Gasteiger partial charge in [0.25, 0.3) is 0 Å². The minimum absolute atomic E-state index is 0.186. The van der Waals surface area contributed by atoms with Crippen LogP contribution in [0, 0.1) is 0 Å². The van der Waals surface area contributed by atoms with Gasteiger partial charge >= 0.3 is 6.18 Å². The summed E-state index contributed by atoms with van der Waals surface area (Å²) in [7, 11) is 0. The van der Waals surface area contributed by atoms with Crippen molar-refractivity contribution in [1.29, 1.82) is 0 Å². The lowest BCUT2D eigenvalue weighted by atomic mass is 9.96. The summed E-state index contributed by atoms with van der Waals surface area (Å²) in [4.78, 5) is 12.1. The molecule has 0 bridgehead atoms. The molecule has 0 fully saturated rings. The average Bonchev–Trinajstić information content (AvgIpc) is 2.35. The molecule has 2 rings (SSSR count). The Labute approximate surface area is 102 Å². The molecule has 1 aliphatic heterocycles. The summed E-state index contributed by atoms with van der Waals surface area (Å²) in [6.45, 7) is 0.856. The van der Waals surface area contributed by atoms with Gasteiger partial charge in [0, 0.05) is 13.1 Å². The number of alkyl halides is 3. The van der Waals surface area contributed by atoms with Gasteiger partial charge in [0.1, 0.15) is 0 Å². The SMILES string of the molecule is O=CN1CCc2ccc(C(O)C(F)(F)F)cc2C1. The summed E-state index contributed by atoms with van der Waals surface area (Å²) in [6, 6.07) is 4.19. The van der Waals surface area contributed by atoms with E-state index in [1.807, 2.05) is 0 Å². The molecule has 1 N–H and O–H groups in total. The van der Waals surface area contributed by atoms with Crippen molar-refractivity contribution in [2.24, 2.45) is 0 Å². The van der Waals surface area contributed by atoms with Crippen molar-refractivity contribution in [2.45, 2.75) is 25.2 Å². The maximum atomic E-state index is 12.4. The van der Waals surface area contributed by atoms with Crippen molar-refractivity contribution in [3.63, 3.8) is 0 Å². The lowest BCUT2D eigenvalue weighted by Gasteiger charge is -2.26. The van der Waals surface area contributed by atoms with Crippen LogP contribution in [0.15, 0.2) is 18.2 Å². The summed E-state index contributed by atoms with van der Waals surface area (Å²) >= 11 is 0. The number of aliphatic hydroxyl groups excluding tert-OH is 1. The summed E-state index contributed by atoms with van der Waals surface area (Å²) < 4.78 is 37.2. The highest BCUT2D eigenvalue weighted by atomic mass is 19.4. The number of rotatable bonds is 2. The zero-order valence-electron chi connectivity index (χ0n) is 9.44. The van der Waals surface area contributed by atoms with Gasteiger partial charge in [-0.05, 0) is 23.1 Å². The Hall–Kier alpha value is -1.56. The Morgan fingerprint density at radius 3 is 2.67 bits per heavy atom. The highest BCUT2D eigenvalue weighted by Gasteiger charge is 2.39. The number of aliphatic hydroxyl groups is 1. The minimum atomic E-state index is -4.67. The van der Waals surface area contributed by atoms with Crippen LogP contribution >= 0.6 is 0 Å². The highest BCUT2D eigenvalue weighted by Crippen LogP contribution is 2.33. The van der Waals surface area contributed by atoms with Crippen molar-refractivity contribution < 1.29 is 23.1 Å². The Morgan fingerprint density at radius 2 is 2.06 bits per heavy atom. The molecule has 1 aromatic carbocycles. The molecule has 0 aliphatic carbocycles. The van der Waals surface area contributed by atoms with Gasteiger partial charge in [-0.15, -0.1) is 0 Å². The zero-order valence-corrected chi connectivity index (χ0v) is 9.44. The van der Waals surface area contributed by atoms with E-state index >= 15 is 0 Å². The number of benzene rings is 1. The molecule has 0 saturated heterocycles. The van der Waals surface area contributed by atoms with Crippen molar-refractivity contribution in [1.82, 2.24) is 4.90 Å². The van der Waals surface area contributed by atoms with Gasteiger partial charge in [-0.2, -0.15) is 13.2 Å². The average molecular weight is 259 g/mol. The second kappa shape index (κ2) is 4.61. The molecule has 0 aromatic heterocycles. The molecule has 18 heavy (non-hydrogen) atoms. The third-order valence-electron chi connectivity index (χ3n) is 3.05. The topological polar surface area (TPSA) is 40.5 Å². The summed E-state index contributed by atoms with van der Waals surface area (Å²) in [5, 5.41) is 9.17. The van der Waals surface area contributed by atoms with Crippen LogP contribution in [-0.4, -0.2) is 29.1 Å². The quantitative estimate of drug-likeness (QED) is 0.823. The molecular weight excluding hydrogens is 247 g/mol. The number of hydrogen-bond donors (Lipinski definition) is 1. The fourth-order valence-corrected chi connectivity index (χ4v) is 2.05. The van der Waals surface area contributed by atoms with E-state index < -0.39 is 12.3 Å². The van der Waals surface area contributed by atoms with Crippen LogP contribution in [-0.2, 0) is 17.8 Å². The molecule has 6 heteroatoms. The predicted octanol–water partition coefficient (Wildman–Crippen LogP) is 1.80. The Kier molecular flexibility index (Phi) is 3.30. The first-order valence-electron chi connectivity index (χ1n) is 5.47. The Morgan fingerprint density at radius 1 is 1.33 bits per heavy atom. The van der Waals surface area contributed by atoms with Crippen LogP contribution in [0.4, 0.5) is 13.2 Å². The minimum Gasteiger partial charge on any atom is -0.379 e. The molecule has 0 radical (unpaired) electrons. The zero-order chi connectivity index (χ0) is 13.3. The van der Waals surface area contributed by atoms with Gasteiger partial charge in [-0.25, -0.2) is 0 Å². The Bertz CT molecular complexity index is 459. The number of amides is 1. The normalized spacial score (nSPS) is 17.2. The van der Waals surface area contributed by atoms with Crippen LogP contribution in [0.2, 0.25) is 0 Å². The first kappa shape index (κ1) is 12.9. The number of carbonyl (C=O) groups is 1. The van der Waals surface area contributed by atoms with Gasteiger partial charge in [0.15, 0.2) is 6.10 Å². The van der Waals surface area contributed by atoms with Crippen molar-refractivity contribution >= 4 is 6.41 Å². The maximum Gasteiger partial charge on any atom is 0.418 e. The fraction of sp³-hybridized carbons (Fsp3) is 0.417. The van der Waals surface area contributed by atoms with E-state index in [-0.39, 0.29) is 12.1 Å². The molecule has 1 amide bonds. The summed E-state index contributed by atoms with van der Waals surface area (Å²) in [5.74, 6) is 0. The molecule has 0 spiro atoms. The monoisotopic (exact) mass is 259 g/mol. The number of halogens is 3. The second-order valence-corrected chi connectivity index (χ2v) is 4.30. The largest absolute Gasteiger partial charge is 0.418 e. The van der Waals surface area contributed by atoms with E-state index in [1.165, 1.54) is 17.0 Å². The van der Waals surface area contributed by atoms with E-state index in [1.54, 1.807) is 6.07 Å². The molecule has 1 aliphatic rings. The van der Waals surface area contributed by atoms with Crippen molar-refractivity contribution in [3.8, 4) is 0 Å². The van der Waals surface area contributed by atoms with Gasteiger partial charge in [-0.3, -0.25) is 4.79 Å². The van der Waals surface area contributed by atoms with Gasteiger partial charge in [0.2, 0.25) is 6.41 Å². The predicted molar refractivity (Wildman–Crippen MR) is 57.6 cm³/mol. The first-order chi connectivity index (χ1) is 8.41. The van der Waals surface area contributed by atoms with Crippen LogP contribution < -0.4 is 0 Å². The second-order valence-electron chi connectivity index (χ2n) is 4.30. The number of fused-ring (bicyclic) bond motifs is 1. The van der Waals surface area contributed by atoms with Gasteiger partial charge in [0.05, 0.1) is 0 Å². The van der Waals surface area contributed by atoms with Crippen molar-refractivity contribution in [2.75, 3.05) is 6.54 Å². The highest BCUT2D eigenvalue weighted by molar-refractivity contribution is 5.49. The van der Waals surface area contributed by atoms with E-state index in [2.05, 4.69) is 0 Å². The van der Waals surface area contributed by atoms with Crippen LogP contribution in [0.5, 0.6) is 0 Å². The molecular formula is C12H12F3NO2. The van der Waals surface area contributed by atoms with Crippen molar-refractivity contribution in [3.05, 3.63) is 34.9 Å². The summed E-state index contributed by atoms with van der Waals surface area (Å²) in [6.07, 6.45) is -5.85.